The molecule has 0 radical (unpaired) electrons. The Kier molecular flexibility index (Phi) is 2.70. The molecule has 0 aromatic rings. The van der Waals surface area contributed by atoms with Crippen molar-refractivity contribution in [3.05, 3.63) is 34.9 Å². The Bertz CT molecular complexity index is 605. The van der Waals surface area contributed by atoms with E-state index in [4.69, 9.17) is 0 Å². The smallest absolute Gasteiger partial charge is 0.156 e. The summed E-state index contributed by atoms with van der Waals surface area (Å²) in [5.41, 5.74) is 3.53. The van der Waals surface area contributed by atoms with E-state index in [1.54, 1.807) is 0 Å². The van der Waals surface area contributed by atoms with Crippen LogP contribution in [-0.2, 0) is 4.79 Å². The van der Waals surface area contributed by atoms with Gasteiger partial charge in [0.25, 0.3) is 0 Å². The van der Waals surface area contributed by atoms with Crippen LogP contribution in [0.1, 0.15) is 52.4 Å². The molecule has 4 aliphatic rings. The predicted octanol–water partition coefficient (Wildman–Crippen LogP) is 3.72. The molecule has 1 N–H and O–H groups in total. The Balaban J connectivity index is 1.83. The average Bonchev–Trinajstić information content (AvgIpc) is 2.69. The number of hydrogen-bond acceptors (Lipinski definition) is 2. The van der Waals surface area contributed by atoms with Crippen LogP contribution in [0, 0.1) is 17.3 Å². The van der Waals surface area contributed by atoms with E-state index >= 15 is 0 Å². The second kappa shape index (κ2) is 4.19. The van der Waals surface area contributed by atoms with Crippen LogP contribution < -0.4 is 0 Å². The standard InChI is InChI=1S/C19H24O2/c1-18-9-7-15-14-6-4-13(20)11-12(14)3-5-16(15)17(18)8-10-19(18,2)21/h7,9,11,16-17,21H,3-6,8,10H2,1-2H3/t16-,17+,18-,19+/m1/s1. The van der Waals surface area contributed by atoms with Crippen LogP contribution in [0.15, 0.2) is 34.9 Å². The average molecular weight is 284 g/mol. The minimum Gasteiger partial charge on any atom is -0.389 e. The number of carbonyl (C=O) groups is 1. The lowest BCUT2D eigenvalue weighted by Crippen LogP contribution is -2.45. The van der Waals surface area contributed by atoms with Crippen molar-refractivity contribution in [3.63, 3.8) is 0 Å². The van der Waals surface area contributed by atoms with E-state index in [1.165, 1.54) is 16.7 Å². The highest BCUT2D eigenvalue weighted by Crippen LogP contribution is 2.60. The highest BCUT2D eigenvalue weighted by molar-refractivity contribution is 5.93. The highest BCUT2D eigenvalue weighted by atomic mass is 16.3. The van der Waals surface area contributed by atoms with Gasteiger partial charge in [-0.3, -0.25) is 4.79 Å². The molecule has 0 unspecified atom stereocenters. The molecule has 2 nitrogen and oxygen atoms in total. The fraction of sp³-hybridized carbons (Fsp3) is 0.632. The molecule has 4 rings (SSSR count). The van der Waals surface area contributed by atoms with E-state index < -0.39 is 5.60 Å². The summed E-state index contributed by atoms with van der Waals surface area (Å²) in [5.74, 6) is 1.43. The van der Waals surface area contributed by atoms with Crippen molar-refractivity contribution >= 4 is 5.78 Å². The fourth-order valence-electron chi connectivity index (χ4n) is 5.24. The molecular weight excluding hydrogens is 260 g/mol. The van der Waals surface area contributed by atoms with Crippen molar-refractivity contribution in [3.8, 4) is 0 Å². The predicted molar refractivity (Wildman–Crippen MR) is 82.7 cm³/mol. The Morgan fingerprint density at radius 1 is 1.19 bits per heavy atom. The molecule has 0 aromatic heterocycles. The van der Waals surface area contributed by atoms with Crippen LogP contribution in [0.5, 0.6) is 0 Å². The molecule has 0 heterocycles. The maximum atomic E-state index is 11.6. The van der Waals surface area contributed by atoms with Gasteiger partial charge in [-0.2, -0.15) is 0 Å². The van der Waals surface area contributed by atoms with Gasteiger partial charge in [0.05, 0.1) is 5.60 Å². The molecule has 0 bridgehead atoms. The number of rotatable bonds is 0. The van der Waals surface area contributed by atoms with E-state index in [9.17, 15) is 9.90 Å². The summed E-state index contributed by atoms with van der Waals surface area (Å²) >= 11 is 0. The van der Waals surface area contributed by atoms with Crippen molar-refractivity contribution in [2.75, 3.05) is 0 Å². The van der Waals surface area contributed by atoms with Gasteiger partial charge >= 0.3 is 0 Å². The fourth-order valence-corrected chi connectivity index (χ4v) is 5.24. The van der Waals surface area contributed by atoms with Crippen LogP contribution >= 0.6 is 0 Å². The van der Waals surface area contributed by atoms with E-state index in [2.05, 4.69) is 19.1 Å². The molecule has 0 saturated heterocycles. The monoisotopic (exact) mass is 284 g/mol. The van der Waals surface area contributed by atoms with Gasteiger partial charge < -0.3 is 5.11 Å². The molecule has 0 amide bonds. The van der Waals surface area contributed by atoms with Crippen LogP contribution in [0.3, 0.4) is 0 Å². The van der Waals surface area contributed by atoms with Crippen LogP contribution in [0.4, 0.5) is 0 Å². The zero-order valence-electron chi connectivity index (χ0n) is 13.0. The van der Waals surface area contributed by atoms with E-state index in [0.29, 0.717) is 24.0 Å². The molecule has 0 aliphatic heterocycles. The highest BCUT2D eigenvalue weighted by Gasteiger charge is 2.56. The topological polar surface area (TPSA) is 37.3 Å². The summed E-state index contributed by atoms with van der Waals surface area (Å²) in [5, 5.41) is 10.8. The summed E-state index contributed by atoms with van der Waals surface area (Å²) in [6.45, 7) is 4.24. The second-order valence-electron chi connectivity index (χ2n) is 7.75. The maximum absolute atomic E-state index is 11.6. The van der Waals surface area contributed by atoms with E-state index in [1.807, 2.05) is 13.0 Å². The minimum atomic E-state index is -0.580. The number of ketones is 1. The Hall–Kier alpha value is -1.15. The lowest BCUT2D eigenvalue weighted by molar-refractivity contribution is -0.114. The van der Waals surface area contributed by atoms with Gasteiger partial charge in [0.1, 0.15) is 0 Å². The van der Waals surface area contributed by atoms with Gasteiger partial charge in [0.2, 0.25) is 0 Å². The number of carbonyl (C=O) groups excluding carboxylic acids is 1. The summed E-state index contributed by atoms with van der Waals surface area (Å²) in [4.78, 5) is 11.6. The van der Waals surface area contributed by atoms with Gasteiger partial charge in [-0.25, -0.2) is 0 Å². The quantitative estimate of drug-likeness (QED) is 0.736. The third-order valence-electron chi connectivity index (χ3n) is 6.78. The zero-order valence-corrected chi connectivity index (χ0v) is 13.0. The van der Waals surface area contributed by atoms with Crippen molar-refractivity contribution in [1.29, 1.82) is 0 Å². The molecule has 4 aliphatic carbocycles. The molecule has 1 fully saturated rings. The molecule has 4 atom stereocenters. The molecule has 2 heteroatoms. The summed E-state index contributed by atoms with van der Waals surface area (Å²) < 4.78 is 0. The Morgan fingerprint density at radius 2 is 2.00 bits per heavy atom. The first-order valence-electron chi connectivity index (χ1n) is 8.31. The van der Waals surface area contributed by atoms with Gasteiger partial charge in [-0.05, 0) is 73.7 Å². The first-order chi connectivity index (χ1) is 9.92. The summed E-state index contributed by atoms with van der Waals surface area (Å²) in [6.07, 6.45) is 12.2. The minimum absolute atomic E-state index is 0.0899. The number of hydrogen-bond donors (Lipinski definition) is 1. The van der Waals surface area contributed by atoms with E-state index in [-0.39, 0.29) is 5.41 Å². The zero-order chi connectivity index (χ0) is 14.8. The first kappa shape index (κ1) is 13.5. The SMILES string of the molecule is C[C@]1(O)CC[C@H]2[C@@H]3CCC4=CC(=O)CCC4=C3C=C[C@]21C. The van der Waals surface area contributed by atoms with Gasteiger partial charge in [-0.1, -0.05) is 19.1 Å². The first-order valence-corrected chi connectivity index (χ1v) is 8.31. The summed E-state index contributed by atoms with van der Waals surface area (Å²) in [7, 11) is 0. The van der Waals surface area contributed by atoms with Crippen molar-refractivity contribution in [2.24, 2.45) is 17.3 Å². The van der Waals surface area contributed by atoms with Crippen molar-refractivity contribution < 1.29 is 9.90 Å². The third kappa shape index (κ3) is 1.72. The Labute approximate surface area is 126 Å². The lowest BCUT2D eigenvalue weighted by Gasteiger charge is -2.47. The van der Waals surface area contributed by atoms with Crippen molar-refractivity contribution in [1.82, 2.24) is 0 Å². The van der Waals surface area contributed by atoms with Gasteiger partial charge in [-0.15, -0.1) is 0 Å². The Morgan fingerprint density at radius 3 is 2.81 bits per heavy atom. The molecule has 0 spiro atoms. The third-order valence-corrected chi connectivity index (χ3v) is 6.78. The van der Waals surface area contributed by atoms with Crippen LogP contribution in [0.25, 0.3) is 0 Å². The van der Waals surface area contributed by atoms with Crippen LogP contribution in [0.2, 0.25) is 0 Å². The molecular formula is C19H24O2. The molecule has 1 saturated carbocycles. The lowest BCUT2D eigenvalue weighted by atomic mass is 9.58. The molecule has 0 aromatic carbocycles. The molecule has 21 heavy (non-hydrogen) atoms. The number of allylic oxidation sites excluding steroid dienone is 5. The van der Waals surface area contributed by atoms with Crippen LogP contribution in [-0.4, -0.2) is 16.5 Å². The number of aliphatic hydroxyl groups is 1. The van der Waals surface area contributed by atoms with Gasteiger partial charge in [0, 0.05) is 11.8 Å². The number of fused-ring (bicyclic) bond motifs is 4. The largest absolute Gasteiger partial charge is 0.389 e. The normalized spacial score (nSPS) is 45.1. The summed E-state index contributed by atoms with van der Waals surface area (Å²) in [6, 6.07) is 0. The van der Waals surface area contributed by atoms with E-state index in [0.717, 1.165) is 32.1 Å². The molecule has 112 valence electrons. The maximum Gasteiger partial charge on any atom is 0.156 e. The van der Waals surface area contributed by atoms with Gasteiger partial charge in [0.15, 0.2) is 5.78 Å². The second-order valence-corrected chi connectivity index (χ2v) is 7.75. The van der Waals surface area contributed by atoms with Crippen molar-refractivity contribution in [2.45, 2.75) is 58.0 Å².